The molecule has 0 bridgehead atoms. The summed E-state index contributed by atoms with van der Waals surface area (Å²) in [6, 6.07) is 8.09. The van der Waals surface area contributed by atoms with Gasteiger partial charge in [-0.15, -0.1) is 0 Å². The number of pyridine rings is 1. The van der Waals surface area contributed by atoms with Crippen LogP contribution in [0.15, 0.2) is 52.2 Å². The second-order valence-electron chi connectivity index (χ2n) is 7.75. The van der Waals surface area contributed by atoms with E-state index in [4.69, 9.17) is 9.47 Å². The summed E-state index contributed by atoms with van der Waals surface area (Å²) in [6.45, 7) is 3.34. The van der Waals surface area contributed by atoms with Gasteiger partial charge >= 0.3 is 5.97 Å². The molecule has 0 radical (unpaired) electrons. The smallest absolute Gasteiger partial charge is 0.354 e. The predicted molar refractivity (Wildman–Crippen MR) is 125 cm³/mol. The Hall–Kier alpha value is -3.99. The lowest BCUT2D eigenvalue weighted by Gasteiger charge is -2.13. The fourth-order valence-electron chi connectivity index (χ4n) is 3.68. The number of sulfone groups is 1. The topological polar surface area (TPSA) is 118 Å². The molecular formula is C24H20F2N2O6S. The molecule has 2 N–H and O–H groups in total. The average molecular weight is 502 g/mol. The first-order valence-electron chi connectivity index (χ1n) is 10.4. The molecule has 35 heavy (non-hydrogen) atoms. The van der Waals surface area contributed by atoms with Gasteiger partial charge < -0.3 is 19.4 Å². The van der Waals surface area contributed by atoms with Crippen LogP contribution in [0.4, 0.5) is 8.78 Å². The van der Waals surface area contributed by atoms with Gasteiger partial charge in [0, 0.05) is 29.0 Å². The van der Waals surface area contributed by atoms with Gasteiger partial charge in [0.2, 0.25) is 0 Å². The van der Waals surface area contributed by atoms with Gasteiger partial charge in [-0.1, -0.05) is 0 Å². The average Bonchev–Trinajstić information content (AvgIpc) is 3.12. The molecule has 0 saturated heterocycles. The number of hydrogen-bond donors (Lipinski definition) is 2. The summed E-state index contributed by atoms with van der Waals surface area (Å²) in [5.41, 5.74) is 0.218. The van der Waals surface area contributed by atoms with E-state index < -0.39 is 33.0 Å². The van der Waals surface area contributed by atoms with Crippen molar-refractivity contribution in [2.75, 3.05) is 12.9 Å². The molecule has 2 heterocycles. The molecule has 0 unspecified atom stereocenters. The van der Waals surface area contributed by atoms with Gasteiger partial charge in [-0.05, 0) is 50.2 Å². The molecule has 0 spiro atoms. The Morgan fingerprint density at radius 3 is 2.40 bits per heavy atom. The molecule has 4 rings (SSSR count). The minimum absolute atomic E-state index is 0.0315. The van der Waals surface area contributed by atoms with E-state index in [9.17, 15) is 26.8 Å². The second kappa shape index (κ2) is 8.99. The fourth-order valence-corrected chi connectivity index (χ4v) is 4.33. The maximum Gasteiger partial charge on any atom is 0.354 e. The molecule has 0 amide bonds. The Kier molecular flexibility index (Phi) is 6.20. The van der Waals surface area contributed by atoms with Crippen molar-refractivity contribution in [1.82, 2.24) is 9.97 Å². The van der Waals surface area contributed by atoms with Gasteiger partial charge in [0.15, 0.2) is 21.4 Å². The Bertz CT molecular complexity index is 1640. The zero-order valence-corrected chi connectivity index (χ0v) is 19.7. The molecule has 2 aromatic heterocycles. The van der Waals surface area contributed by atoms with Crippen LogP contribution in [-0.2, 0) is 14.6 Å². The first kappa shape index (κ1) is 24.1. The van der Waals surface area contributed by atoms with Crippen LogP contribution < -0.4 is 10.3 Å². The normalized spacial score (nSPS) is 11.6. The van der Waals surface area contributed by atoms with E-state index in [0.29, 0.717) is 17.1 Å². The van der Waals surface area contributed by atoms with Crippen LogP contribution in [0, 0.1) is 18.6 Å². The van der Waals surface area contributed by atoms with E-state index in [2.05, 4.69) is 9.97 Å². The molecule has 0 atom stereocenters. The number of H-pyrrole nitrogens is 2. The minimum Gasteiger partial charge on any atom is -0.461 e. The Morgan fingerprint density at radius 1 is 1.03 bits per heavy atom. The van der Waals surface area contributed by atoms with Crippen molar-refractivity contribution in [2.45, 2.75) is 18.7 Å². The van der Waals surface area contributed by atoms with Crippen LogP contribution in [0.3, 0.4) is 0 Å². The molecule has 0 saturated carbocycles. The zero-order valence-electron chi connectivity index (χ0n) is 18.9. The number of esters is 1. The number of carbonyl (C=O) groups is 1. The summed E-state index contributed by atoms with van der Waals surface area (Å²) in [7, 11) is -3.66. The van der Waals surface area contributed by atoms with Crippen molar-refractivity contribution in [3.63, 3.8) is 0 Å². The van der Waals surface area contributed by atoms with Gasteiger partial charge in [-0.25, -0.2) is 22.0 Å². The number of aromatic amines is 2. The van der Waals surface area contributed by atoms with Crippen molar-refractivity contribution in [3.05, 3.63) is 75.8 Å². The van der Waals surface area contributed by atoms with Crippen molar-refractivity contribution in [3.8, 4) is 22.8 Å². The molecule has 0 aliphatic heterocycles. The Morgan fingerprint density at radius 2 is 1.74 bits per heavy atom. The minimum atomic E-state index is -3.66. The fraction of sp³-hybridized carbons (Fsp3) is 0.167. The SMILES string of the molecule is CCOC(=O)c1cc2c(-c3cc(S(C)(=O)=O)ccc3Oc3ccc(F)cc3F)[nH]c(C)c2c(=O)[nH]1. The largest absolute Gasteiger partial charge is 0.461 e. The molecule has 11 heteroatoms. The lowest BCUT2D eigenvalue weighted by Crippen LogP contribution is -2.15. The van der Waals surface area contributed by atoms with E-state index in [1.165, 1.54) is 24.3 Å². The van der Waals surface area contributed by atoms with Crippen LogP contribution in [0.2, 0.25) is 0 Å². The molecule has 4 aromatic rings. The highest BCUT2D eigenvalue weighted by Crippen LogP contribution is 2.39. The van der Waals surface area contributed by atoms with Crippen LogP contribution in [0.5, 0.6) is 11.5 Å². The van der Waals surface area contributed by atoms with Gasteiger partial charge in [0.25, 0.3) is 5.56 Å². The zero-order chi connectivity index (χ0) is 25.5. The van der Waals surface area contributed by atoms with E-state index in [1.54, 1.807) is 13.8 Å². The molecular weight excluding hydrogens is 482 g/mol. The standard InChI is InChI=1S/C24H20F2N2O6S/c1-4-33-24(30)18-11-16-21(23(29)28-18)12(2)27-22(16)15-10-14(35(3,31)32)6-8-19(15)34-20-7-5-13(25)9-17(20)26/h5-11,27H,4H2,1-3H3,(H,28,29). The van der Waals surface area contributed by atoms with E-state index in [-0.39, 0.29) is 45.3 Å². The Balaban J connectivity index is 1.99. The lowest BCUT2D eigenvalue weighted by atomic mass is 10.1. The first-order chi connectivity index (χ1) is 16.5. The van der Waals surface area contributed by atoms with Gasteiger partial charge in [0.05, 0.1) is 22.6 Å². The van der Waals surface area contributed by atoms with Crippen LogP contribution >= 0.6 is 0 Å². The Labute approximate surface area is 198 Å². The highest BCUT2D eigenvalue weighted by atomic mass is 32.2. The second-order valence-corrected chi connectivity index (χ2v) is 9.77. The summed E-state index contributed by atoms with van der Waals surface area (Å²) in [6.07, 6.45) is 1.02. The predicted octanol–water partition coefficient (Wildman–Crippen LogP) is 4.48. The molecule has 2 aromatic carbocycles. The summed E-state index contributed by atoms with van der Waals surface area (Å²) >= 11 is 0. The highest BCUT2D eigenvalue weighted by Gasteiger charge is 2.22. The highest BCUT2D eigenvalue weighted by molar-refractivity contribution is 7.90. The monoisotopic (exact) mass is 502 g/mol. The number of ether oxygens (including phenoxy) is 2. The molecule has 182 valence electrons. The van der Waals surface area contributed by atoms with Gasteiger partial charge in [-0.2, -0.15) is 0 Å². The van der Waals surface area contributed by atoms with E-state index >= 15 is 0 Å². The molecule has 8 nitrogen and oxygen atoms in total. The van der Waals surface area contributed by atoms with E-state index in [0.717, 1.165) is 18.4 Å². The maximum absolute atomic E-state index is 14.3. The summed E-state index contributed by atoms with van der Waals surface area (Å²) in [5, 5.41) is 0.529. The maximum atomic E-state index is 14.3. The number of benzene rings is 2. The third-order valence-electron chi connectivity index (χ3n) is 5.25. The van der Waals surface area contributed by atoms with Crippen LogP contribution in [0.25, 0.3) is 22.0 Å². The lowest BCUT2D eigenvalue weighted by molar-refractivity contribution is 0.0519. The number of nitrogens with one attached hydrogen (secondary N) is 2. The summed E-state index contributed by atoms with van der Waals surface area (Å²) in [4.78, 5) is 30.5. The number of rotatable bonds is 6. The van der Waals surface area contributed by atoms with Crippen LogP contribution in [0.1, 0.15) is 23.1 Å². The van der Waals surface area contributed by atoms with Crippen LogP contribution in [-0.4, -0.2) is 37.2 Å². The first-order valence-corrected chi connectivity index (χ1v) is 12.3. The van der Waals surface area contributed by atoms with E-state index in [1.807, 2.05) is 0 Å². The molecule has 0 fully saturated rings. The number of aromatic nitrogens is 2. The number of halogens is 2. The summed E-state index contributed by atoms with van der Waals surface area (Å²) in [5.74, 6) is -2.76. The van der Waals surface area contributed by atoms with Gasteiger partial charge in [-0.3, -0.25) is 4.79 Å². The molecule has 0 aliphatic carbocycles. The third-order valence-corrected chi connectivity index (χ3v) is 6.36. The quantitative estimate of drug-likeness (QED) is 0.375. The van der Waals surface area contributed by atoms with Gasteiger partial charge in [0.1, 0.15) is 17.3 Å². The van der Waals surface area contributed by atoms with Crippen molar-refractivity contribution in [2.24, 2.45) is 0 Å². The summed E-state index contributed by atoms with van der Waals surface area (Å²) < 4.78 is 62.8. The number of hydrogen-bond acceptors (Lipinski definition) is 6. The molecule has 0 aliphatic rings. The van der Waals surface area contributed by atoms with Crippen molar-refractivity contribution >= 4 is 26.6 Å². The number of carbonyl (C=O) groups excluding carboxylic acids is 1. The third kappa shape index (κ3) is 4.67. The van der Waals surface area contributed by atoms with Crippen molar-refractivity contribution in [1.29, 1.82) is 0 Å². The number of fused-ring (bicyclic) bond motifs is 1. The number of aryl methyl sites for hydroxylation is 1. The van der Waals surface area contributed by atoms with Crippen molar-refractivity contribution < 1.29 is 31.5 Å².